The van der Waals surface area contributed by atoms with E-state index in [9.17, 15) is 4.79 Å². The Bertz CT molecular complexity index is 448. The summed E-state index contributed by atoms with van der Waals surface area (Å²) in [6.45, 7) is 0. The number of ether oxygens (including phenoxy) is 1. The maximum Gasteiger partial charge on any atom is 0.153 e. The van der Waals surface area contributed by atoms with Crippen LogP contribution < -0.4 is 4.74 Å². The van der Waals surface area contributed by atoms with Gasteiger partial charge >= 0.3 is 0 Å². The minimum Gasteiger partial charge on any atom is -0.495 e. The molecule has 0 aliphatic carbocycles. The number of rotatable bonds is 2. The number of H-pyrrole nitrogens is 1. The van der Waals surface area contributed by atoms with E-state index >= 15 is 0 Å². The van der Waals surface area contributed by atoms with Gasteiger partial charge in [0.1, 0.15) is 5.75 Å². The molecule has 1 aromatic carbocycles. The van der Waals surface area contributed by atoms with Crippen LogP contribution in [0.1, 0.15) is 10.4 Å². The number of hydrogen-bond donors (Lipinski definition) is 1. The number of hydrogen-bond acceptors (Lipinski definition) is 3. The zero-order chi connectivity index (χ0) is 9.26. The van der Waals surface area contributed by atoms with Crippen LogP contribution in [0.2, 0.25) is 0 Å². The number of nitrogens with one attached hydrogen (secondary N) is 1. The van der Waals surface area contributed by atoms with Gasteiger partial charge in [-0.15, -0.1) is 0 Å². The molecule has 1 heterocycles. The molecular formula is C9H8N2O2. The van der Waals surface area contributed by atoms with E-state index in [1.807, 2.05) is 0 Å². The number of carbonyl (C=O) groups excluding carboxylic acids is 1. The lowest BCUT2D eigenvalue weighted by molar-refractivity contribution is 0.112. The molecule has 0 aliphatic heterocycles. The van der Waals surface area contributed by atoms with Gasteiger partial charge < -0.3 is 4.74 Å². The van der Waals surface area contributed by atoms with Crippen LogP contribution in [-0.2, 0) is 0 Å². The van der Waals surface area contributed by atoms with Gasteiger partial charge in [-0.1, -0.05) is 0 Å². The molecule has 0 saturated carbocycles. The number of aldehydes is 1. The van der Waals surface area contributed by atoms with Crippen molar-refractivity contribution in [3.8, 4) is 5.75 Å². The van der Waals surface area contributed by atoms with Gasteiger partial charge in [-0.05, 0) is 12.1 Å². The zero-order valence-corrected chi connectivity index (χ0v) is 7.07. The Morgan fingerprint density at radius 1 is 1.54 bits per heavy atom. The second-order valence-electron chi connectivity index (χ2n) is 2.62. The van der Waals surface area contributed by atoms with E-state index in [0.29, 0.717) is 11.3 Å². The highest BCUT2D eigenvalue weighted by atomic mass is 16.5. The fourth-order valence-electron chi connectivity index (χ4n) is 1.33. The van der Waals surface area contributed by atoms with E-state index in [-0.39, 0.29) is 0 Å². The Morgan fingerprint density at radius 2 is 2.38 bits per heavy atom. The molecule has 13 heavy (non-hydrogen) atoms. The summed E-state index contributed by atoms with van der Waals surface area (Å²) in [5, 5.41) is 7.53. The number of nitrogens with zero attached hydrogens (tertiary/aromatic N) is 1. The SMILES string of the molecule is COc1c(C=O)ccc2n[nH]cc12. The lowest BCUT2D eigenvalue weighted by Crippen LogP contribution is -1.90. The van der Waals surface area contributed by atoms with Gasteiger partial charge in [0.05, 0.1) is 23.6 Å². The van der Waals surface area contributed by atoms with Gasteiger partial charge in [-0.25, -0.2) is 0 Å². The molecule has 0 radical (unpaired) electrons. The highest BCUT2D eigenvalue weighted by Gasteiger charge is 2.08. The van der Waals surface area contributed by atoms with Crippen molar-refractivity contribution >= 4 is 17.2 Å². The quantitative estimate of drug-likeness (QED) is 0.703. The molecule has 0 fully saturated rings. The van der Waals surface area contributed by atoms with Gasteiger partial charge in [0, 0.05) is 6.20 Å². The Labute approximate surface area is 74.5 Å². The molecule has 0 spiro atoms. The van der Waals surface area contributed by atoms with E-state index < -0.39 is 0 Å². The average Bonchev–Trinajstić information content (AvgIpc) is 2.63. The molecule has 1 aromatic heterocycles. The largest absolute Gasteiger partial charge is 0.495 e. The van der Waals surface area contributed by atoms with Gasteiger partial charge in [-0.3, -0.25) is 9.89 Å². The van der Waals surface area contributed by atoms with E-state index in [2.05, 4.69) is 10.2 Å². The number of fused-ring (bicyclic) bond motifs is 1. The smallest absolute Gasteiger partial charge is 0.153 e. The number of benzene rings is 1. The van der Waals surface area contributed by atoms with Crippen LogP contribution in [0.25, 0.3) is 10.9 Å². The standard InChI is InChI=1S/C9H8N2O2/c1-13-9-6(5-12)2-3-8-7(9)4-10-11-8/h2-5H,1H3,(H,10,11). The predicted molar refractivity (Wildman–Crippen MR) is 48.0 cm³/mol. The molecule has 2 rings (SSSR count). The minimum atomic E-state index is 0.538. The first-order chi connectivity index (χ1) is 6.36. The van der Waals surface area contributed by atoms with Crippen LogP contribution in [0.3, 0.4) is 0 Å². The number of aromatic nitrogens is 2. The third kappa shape index (κ3) is 1.07. The topological polar surface area (TPSA) is 55.0 Å². The number of aromatic amines is 1. The van der Waals surface area contributed by atoms with Crippen molar-refractivity contribution in [1.82, 2.24) is 10.2 Å². The Balaban J connectivity index is 2.81. The molecule has 4 heteroatoms. The second kappa shape index (κ2) is 2.90. The van der Waals surface area contributed by atoms with Crippen molar-refractivity contribution < 1.29 is 9.53 Å². The lowest BCUT2D eigenvalue weighted by atomic mass is 10.1. The predicted octanol–water partition coefficient (Wildman–Crippen LogP) is 1.38. The maximum atomic E-state index is 10.6. The monoisotopic (exact) mass is 176 g/mol. The summed E-state index contributed by atoms with van der Waals surface area (Å²) in [6, 6.07) is 3.47. The lowest BCUT2D eigenvalue weighted by Gasteiger charge is -2.02. The molecule has 2 aromatic rings. The van der Waals surface area contributed by atoms with Crippen molar-refractivity contribution in [3.63, 3.8) is 0 Å². The van der Waals surface area contributed by atoms with Gasteiger partial charge in [-0.2, -0.15) is 5.10 Å². The molecule has 0 unspecified atom stereocenters. The van der Waals surface area contributed by atoms with Crippen LogP contribution in [0.4, 0.5) is 0 Å². The zero-order valence-electron chi connectivity index (χ0n) is 7.07. The fraction of sp³-hybridized carbons (Fsp3) is 0.111. The van der Waals surface area contributed by atoms with Crippen molar-refractivity contribution in [3.05, 3.63) is 23.9 Å². The maximum absolute atomic E-state index is 10.6. The molecule has 0 saturated heterocycles. The number of carbonyl (C=O) groups is 1. The molecule has 1 N–H and O–H groups in total. The molecule has 0 atom stereocenters. The molecule has 4 nitrogen and oxygen atoms in total. The Hall–Kier alpha value is -1.84. The summed E-state index contributed by atoms with van der Waals surface area (Å²) in [5.41, 5.74) is 1.33. The van der Waals surface area contributed by atoms with Crippen molar-refractivity contribution in [2.45, 2.75) is 0 Å². The van der Waals surface area contributed by atoms with Crippen molar-refractivity contribution in [2.75, 3.05) is 7.11 Å². The molecule has 66 valence electrons. The summed E-state index contributed by atoms with van der Waals surface area (Å²) in [4.78, 5) is 10.6. The Morgan fingerprint density at radius 3 is 3.08 bits per heavy atom. The summed E-state index contributed by atoms with van der Waals surface area (Å²) >= 11 is 0. The van der Waals surface area contributed by atoms with Gasteiger partial charge in [0.15, 0.2) is 6.29 Å². The van der Waals surface area contributed by atoms with E-state index in [0.717, 1.165) is 17.2 Å². The highest BCUT2D eigenvalue weighted by molar-refractivity contribution is 5.94. The van der Waals surface area contributed by atoms with Crippen LogP contribution in [0.15, 0.2) is 18.3 Å². The summed E-state index contributed by atoms with van der Waals surface area (Å²) in [6.07, 6.45) is 2.48. The molecular weight excluding hydrogens is 168 g/mol. The van der Waals surface area contributed by atoms with Crippen LogP contribution in [0.5, 0.6) is 5.75 Å². The fourth-order valence-corrected chi connectivity index (χ4v) is 1.33. The van der Waals surface area contributed by atoms with Gasteiger partial charge in [0.2, 0.25) is 0 Å². The molecule has 0 bridgehead atoms. The highest BCUT2D eigenvalue weighted by Crippen LogP contribution is 2.26. The summed E-state index contributed by atoms with van der Waals surface area (Å²) in [5.74, 6) is 0.571. The van der Waals surface area contributed by atoms with E-state index in [1.165, 1.54) is 7.11 Å². The number of methoxy groups -OCH3 is 1. The second-order valence-corrected chi connectivity index (χ2v) is 2.62. The van der Waals surface area contributed by atoms with E-state index in [4.69, 9.17) is 4.74 Å². The third-order valence-electron chi connectivity index (χ3n) is 1.93. The molecule has 0 aliphatic rings. The Kier molecular flexibility index (Phi) is 1.73. The van der Waals surface area contributed by atoms with Crippen LogP contribution >= 0.6 is 0 Å². The first kappa shape index (κ1) is 7.79. The normalized spacial score (nSPS) is 10.2. The van der Waals surface area contributed by atoms with Crippen molar-refractivity contribution in [1.29, 1.82) is 0 Å². The third-order valence-corrected chi connectivity index (χ3v) is 1.93. The van der Waals surface area contributed by atoms with Gasteiger partial charge in [0.25, 0.3) is 0 Å². The molecule has 0 amide bonds. The first-order valence-corrected chi connectivity index (χ1v) is 3.82. The summed E-state index contributed by atoms with van der Waals surface area (Å²) in [7, 11) is 1.54. The van der Waals surface area contributed by atoms with E-state index in [1.54, 1.807) is 18.3 Å². The summed E-state index contributed by atoms with van der Waals surface area (Å²) < 4.78 is 5.12. The average molecular weight is 176 g/mol. The first-order valence-electron chi connectivity index (χ1n) is 3.82. The van der Waals surface area contributed by atoms with Crippen LogP contribution in [0, 0.1) is 0 Å². The van der Waals surface area contributed by atoms with Crippen LogP contribution in [-0.4, -0.2) is 23.6 Å². The minimum absolute atomic E-state index is 0.538. The van der Waals surface area contributed by atoms with Crippen molar-refractivity contribution in [2.24, 2.45) is 0 Å².